The Bertz CT molecular complexity index is 519. The molecule has 2 heterocycles. The Morgan fingerprint density at radius 2 is 2.18 bits per heavy atom. The molecule has 0 radical (unpaired) electrons. The van der Waals surface area contributed by atoms with Gasteiger partial charge in [-0.15, -0.1) is 0 Å². The Balaban J connectivity index is 1.97. The van der Waals surface area contributed by atoms with Crippen molar-refractivity contribution in [1.29, 1.82) is 0 Å². The minimum absolute atomic E-state index is 0.0516. The van der Waals surface area contributed by atoms with Gasteiger partial charge in [0.05, 0.1) is 11.9 Å². The van der Waals surface area contributed by atoms with Crippen LogP contribution < -0.4 is 0 Å². The maximum absolute atomic E-state index is 11.5. The molecule has 5 nitrogen and oxygen atoms in total. The van der Waals surface area contributed by atoms with Crippen LogP contribution in [-0.4, -0.2) is 20.9 Å². The molecular formula is C11H8ClN3O2. The van der Waals surface area contributed by atoms with E-state index < -0.39 is 5.97 Å². The van der Waals surface area contributed by atoms with Crippen molar-refractivity contribution in [2.75, 3.05) is 0 Å². The first-order valence-corrected chi connectivity index (χ1v) is 5.17. The van der Waals surface area contributed by atoms with E-state index >= 15 is 0 Å². The molecular weight excluding hydrogens is 242 g/mol. The molecule has 0 N–H and O–H groups in total. The highest BCUT2D eigenvalue weighted by atomic mass is 35.5. The van der Waals surface area contributed by atoms with Crippen LogP contribution in [0, 0.1) is 0 Å². The van der Waals surface area contributed by atoms with Crippen LogP contribution >= 0.6 is 11.6 Å². The Kier molecular flexibility index (Phi) is 3.62. The molecule has 0 aliphatic carbocycles. The van der Waals surface area contributed by atoms with Gasteiger partial charge < -0.3 is 4.74 Å². The van der Waals surface area contributed by atoms with Crippen molar-refractivity contribution in [2.45, 2.75) is 6.61 Å². The van der Waals surface area contributed by atoms with E-state index in [0.717, 1.165) is 0 Å². The minimum atomic E-state index is -0.542. The first kappa shape index (κ1) is 11.5. The Morgan fingerprint density at radius 3 is 2.88 bits per heavy atom. The molecule has 0 fully saturated rings. The Hall–Kier alpha value is -2.01. The topological polar surface area (TPSA) is 65.0 Å². The second-order valence-corrected chi connectivity index (χ2v) is 3.57. The predicted octanol–water partition coefficient (Wildman–Crippen LogP) is 1.88. The number of halogens is 1. The molecule has 2 aromatic rings. The van der Waals surface area contributed by atoms with E-state index in [9.17, 15) is 4.79 Å². The molecule has 0 aliphatic rings. The molecule has 0 saturated heterocycles. The highest BCUT2D eigenvalue weighted by Gasteiger charge is 2.08. The molecule has 6 heteroatoms. The van der Waals surface area contributed by atoms with Crippen molar-refractivity contribution >= 4 is 17.6 Å². The van der Waals surface area contributed by atoms with Crippen LogP contribution in [0.5, 0.6) is 0 Å². The number of ether oxygens (including phenoxy) is 1. The lowest BCUT2D eigenvalue weighted by atomic mass is 10.4. The quantitative estimate of drug-likeness (QED) is 0.777. The van der Waals surface area contributed by atoms with Gasteiger partial charge in [0.2, 0.25) is 0 Å². The van der Waals surface area contributed by atoms with Crippen LogP contribution in [0.2, 0.25) is 5.02 Å². The van der Waals surface area contributed by atoms with Gasteiger partial charge in [-0.3, -0.25) is 9.97 Å². The Labute approximate surface area is 102 Å². The fourth-order valence-electron chi connectivity index (χ4n) is 1.15. The summed E-state index contributed by atoms with van der Waals surface area (Å²) in [6, 6.07) is 3.28. The van der Waals surface area contributed by atoms with Gasteiger partial charge in [0, 0.05) is 23.6 Å². The summed E-state index contributed by atoms with van der Waals surface area (Å²) < 4.78 is 5.01. The van der Waals surface area contributed by atoms with E-state index in [2.05, 4.69) is 15.0 Å². The zero-order valence-corrected chi connectivity index (χ0v) is 9.46. The standard InChI is InChI=1S/C11H8ClN3O2/c12-8-1-2-14-9(5-8)7-17-11(16)10-6-13-3-4-15-10/h1-6H,7H2. The highest BCUT2D eigenvalue weighted by Crippen LogP contribution is 2.09. The van der Waals surface area contributed by atoms with Gasteiger partial charge >= 0.3 is 5.97 Å². The molecule has 0 atom stereocenters. The smallest absolute Gasteiger partial charge is 0.358 e. The van der Waals surface area contributed by atoms with E-state index in [0.29, 0.717) is 10.7 Å². The molecule has 0 unspecified atom stereocenters. The van der Waals surface area contributed by atoms with Crippen molar-refractivity contribution in [3.05, 3.63) is 53.3 Å². The van der Waals surface area contributed by atoms with Gasteiger partial charge in [-0.25, -0.2) is 9.78 Å². The van der Waals surface area contributed by atoms with Crippen molar-refractivity contribution < 1.29 is 9.53 Å². The molecule has 0 spiro atoms. The lowest BCUT2D eigenvalue weighted by Crippen LogP contribution is -2.08. The first-order valence-electron chi connectivity index (χ1n) is 4.79. The third-order valence-electron chi connectivity index (χ3n) is 1.90. The maximum Gasteiger partial charge on any atom is 0.358 e. The van der Waals surface area contributed by atoms with Crippen molar-refractivity contribution in [3.8, 4) is 0 Å². The summed E-state index contributed by atoms with van der Waals surface area (Å²) in [7, 11) is 0. The van der Waals surface area contributed by atoms with Crippen molar-refractivity contribution in [3.63, 3.8) is 0 Å². The van der Waals surface area contributed by atoms with Gasteiger partial charge in [0.15, 0.2) is 5.69 Å². The number of nitrogens with zero attached hydrogens (tertiary/aromatic N) is 3. The van der Waals surface area contributed by atoms with E-state index in [1.165, 1.54) is 18.6 Å². The number of hydrogen-bond donors (Lipinski definition) is 0. The number of esters is 1. The lowest BCUT2D eigenvalue weighted by molar-refractivity contribution is 0.0460. The third-order valence-corrected chi connectivity index (χ3v) is 2.14. The molecule has 0 amide bonds. The fourth-order valence-corrected chi connectivity index (χ4v) is 1.33. The van der Waals surface area contributed by atoms with E-state index in [-0.39, 0.29) is 12.3 Å². The number of rotatable bonds is 3. The van der Waals surface area contributed by atoms with E-state index in [1.54, 1.807) is 18.3 Å². The van der Waals surface area contributed by atoms with E-state index in [4.69, 9.17) is 16.3 Å². The summed E-state index contributed by atoms with van der Waals surface area (Å²) in [5, 5.41) is 0.547. The predicted molar refractivity (Wildman–Crippen MR) is 60.4 cm³/mol. The molecule has 2 aromatic heterocycles. The van der Waals surface area contributed by atoms with Crippen LogP contribution in [-0.2, 0) is 11.3 Å². The zero-order valence-electron chi connectivity index (χ0n) is 8.71. The molecule has 0 aromatic carbocycles. The van der Waals surface area contributed by atoms with Gasteiger partial charge in [-0.05, 0) is 12.1 Å². The van der Waals surface area contributed by atoms with Crippen molar-refractivity contribution in [2.24, 2.45) is 0 Å². The summed E-state index contributed by atoms with van der Waals surface area (Å²) in [6.07, 6.45) is 5.80. The third kappa shape index (κ3) is 3.22. The van der Waals surface area contributed by atoms with Crippen LogP contribution in [0.1, 0.15) is 16.2 Å². The van der Waals surface area contributed by atoms with E-state index in [1.807, 2.05) is 0 Å². The molecule has 0 bridgehead atoms. The lowest BCUT2D eigenvalue weighted by Gasteiger charge is -2.03. The SMILES string of the molecule is O=C(OCc1cc(Cl)ccn1)c1cnccn1. The van der Waals surface area contributed by atoms with Gasteiger partial charge in [-0.2, -0.15) is 0 Å². The average Bonchev–Trinajstić information content (AvgIpc) is 2.37. The first-order chi connectivity index (χ1) is 8.25. The van der Waals surface area contributed by atoms with Gasteiger partial charge in [0.25, 0.3) is 0 Å². The summed E-state index contributed by atoms with van der Waals surface area (Å²) in [4.78, 5) is 23.1. The normalized spacial score (nSPS) is 9.94. The van der Waals surface area contributed by atoms with Crippen LogP contribution in [0.25, 0.3) is 0 Å². The summed E-state index contributed by atoms with van der Waals surface area (Å²) in [5.74, 6) is -0.542. The largest absolute Gasteiger partial charge is 0.454 e. The number of aromatic nitrogens is 3. The molecule has 86 valence electrons. The molecule has 0 saturated carbocycles. The number of pyridine rings is 1. The molecule has 2 rings (SSSR count). The number of carbonyl (C=O) groups is 1. The molecule has 17 heavy (non-hydrogen) atoms. The zero-order chi connectivity index (χ0) is 12.1. The summed E-state index contributed by atoms with van der Waals surface area (Å²) in [5.41, 5.74) is 0.740. The fraction of sp³-hybridized carbons (Fsp3) is 0.0909. The van der Waals surface area contributed by atoms with Gasteiger partial charge in [0.1, 0.15) is 6.61 Å². The number of hydrogen-bond acceptors (Lipinski definition) is 5. The van der Waals surface area contributed by atoms with Gasteiger partial charge in [-0.1, -0.05) is 11.6 Å². The summed E-state index contributed by atoms with van der Waals surface area (Å²) >= 11 is 5.77. The summed E-state index contributed by atoms with van der Waals surface area (Å²) in [6.45, 7) is 0.0516. The minimum Gasteiger partial charge on any atom is -0.454 e. The monoisotopic (exact) mass is 249 g/mol. The average molecular weight is 250 g/mol. The Morgan fingerprint density at radius 1 is 1.29 bits per heavy atom. The van der Waals surface area contributed by atoms with Crippen LogP contribution in [0.15, 0.2) is 36.9 Å². The number of carbonyl (C=O) groups excluding carboxylic acids is 1. The highest BCUT2D eigenvalue weighted by molar-refractivity contribution is 6.30. The maximum atomic E-state index is 11.5. The van der Waals surface area contributed by atoms with Crippen LogP contribution in [0.4, 0.5) is 0 Å². The van der Waals surface area contributed by atoms with Crippen molar-refractivity contribution in [1.82, 2.24) is 15.0 Å². The second kappa shape index (κ2) is 5.36. The molecule has 0 aliphatic heterocycles. The van der Waals surface area contributed by atoms with Crippen LogP contribution in [0.3, 0.4) is 0 Å². The second-order valence-electron chi connectivity index (χ2n) is 3.13.